The number of aromatic amines is 1. The number of rotatable bonds is 3. The Labute approximate surface area is 147 Å². The third-order valence-corrected chi connectivity index (χ3v) is 4.00. The van der Waals surface area contributed by atoms with Gasteiger partial charge in [-0.25, -0.2) is 4.79 Å². The fourth-order valence-electron chi connectivity index (χ4n) is 2.48. The average molecular weight is 356 g/mol. The number of methoxy groups -OCH3 is 1. The van der Waals surface area contributed by atoms with Crippen molar-refractivity contribution in [2.24, 2.45) is 12.1 Å². The van der Waals surface area contributed by atoms with E-state index in [1.165, 1.54) is 25.2 Å². The van der Waals surface area contributed by atoms with E-state index in [-0.39, 0.29) is 11.1 Å². The van der Waals surface area contributed by atoms with E-state index in [0.717, 1.165) is 4.57 Å². The zero-order valence-electron chi connectivity index (χ0n) is 14.3. The lowest BCUT2D eigenvalue weighted by molar-refractivity contribution is -0.114. The highest BCUT2D eigenvalue weighted by atomic mass is 16.5. The molecule has 134 valence electrons. The van der Waals surface area contributed by atoms with E-state index in [9.17, 15) is 19.5 Å². The molecule has 1 aliphatic rings. The molecule has 0 fully saturated rings. The number of ether oxygens (including phenoxy) is 1. The molecule has 0 unspecified atom stereocenters. The van der Waals surface area contributed by atoms with Crippen molar-refractivity contribution in [3.8, 4) is 11.6 Å². The minimum atomic E-state index is -0.790. The van der Waals surface area contributed by atoms with Crippen LogP contribution in [0.25, 0.3) is 6.08 Å². The van der Waals surface area contributed by atoms with E-state index >= 15 is 0 Å². The van der Waals surface area contributed by atoms with Crippen LogP contribution in [0.1, 0.15) is 12.5 Å². The topological polar surface area (TPSA) is 117 Å². The van der Waals surface area contributed by atoms with Crippen molar-refractivity contribution < 1.29 is 14.6 Å². The Morgan fingerprint density at radius 1 is 1.19 bits per heavy atom. The molecule has 2 N–H and O–H groups in total. The first-order chi connectivity index (χ1) is 12.3. The van der Waals surface area contributed by atoms with E-state index in [1.54, 1.807) is 31.2 Å². The molecule has 0 bridgehead atoms. The summed E-state index contributed by atoms with van der Waals surface area (Å²) in [6.07, 6.45) is 1.22. The molecule has 3 rings (SSSR count). The summed E-state index contributed by atoms with van der Waals surface area (Å²) in [4.78, 5) is 38.2. The summed E-state index contributed by atoms with van der Waals surface area (Å²) < 4.78 is 5.96. The summed E-state index contributed by atoms with van der Waals surface area (Å²) in [5, 5.41) is 15.4. The van der Waals surface area contributed by atoms with Crippen LogP contribution >= 0.6 is 0 Å². The molecule has 9 heteroatoms. The van der Waals surface area contributed by atoms with Gasteiger partial charge in [-0.1, -0.05) is 0 Å². The fourth-order valence-corrected chi connectivity index (χ4v) is 2.48. The van der Waals surface area contributed by atoms with Gasteiger partial charge in [0, 0.05) is 7.05 Å². The lowest BCUT2D eigenvalue weighted by Gasteiger charge is -2.12. The Hall–Kier alpha value is -3.62. The van der Waals surface area contributed by atoms with Gasteiger partial charge in [-0.15, -0.1) is 0 Å². The maximum absolute atomic E-state index is 12.7. The smallest absolute Gasteiger partial charge is 0.330 e. The van der Waals surface area contributed by atoms with Crippen LogP contribution in [0, 0.1) is 0 Å². The minimum absolute atomic E-state index is 0.139. The molecule has 1 amide bonds. The molecule has 2 heterocycles. The molecule has 2 aromatic rings. The Morgan fingerprint density at radius 2 is 1.85 bits per heavy atom. The first kappa shape index (κ1) is 17.2. The van der Waals surface area contributed by atoms with Gasteiger partial charge in [0.25, 0.3) is 11.5 Å². The van der Waals surface area contributed by atoms with Crippen molar-refractivity contribution in [1.82, 2.24) is 9.55 Å². The van der Waals surface area contributed by atoms with Crippen molar-refractivity contribution in [2.45, 2.75) is 6.92 Å². The number of hydrogen-bond donors (Lipinski definition) is 2. The van der Waals surface area contributed by atoms with Crippen molar-refractivity contribution in [1.29, 1.82) is 0 Å². The van der Waals surface area contributed by atoms with Gasteiger partial charge in [0.05, 0.1) is 24.1 Å². The minimum Gasteiger partial charge on any atom is -0.497 e. The van der Waals surface area contributed by atoms with Crippen LogP contribution in [0.3, 0.4) is 0 Å². The van der Waals surface area contributed by atoms with Crippen LogP contribution in [-0.2, 0) is 11.8 Å². The molecule has 1 aliphatic heterocycles. The molecule has 26 heavy (non-hydrogen) atoms. The molecule has 0 atom stereocenters. The number of anilines is 1. The molecular formula is C17H16N4O5. The Balaban J connectivity index is 2.03. The summed E-state index contributed by atoms with van der Waals surface area (Å²) in [6, 6.07) is 6.73. The predicted octanol–water partition coefficient (Wildman–Crippen LogP) is 0.594. The number of H-pyrrole nitrogens is 1. The van der Waals surface area contributed by atoms with E-state index < -0.39 is 23.0 Å². The van der Waals surface area contributed by atoms with Gasteiger partial charge in [-0.05, 0) is 37.3 Å². The highest BCUT2D eigenvalue weighted by molar-refractivity contribution is 6.32. The van der Waals surface area contributed by atoms with E-state index in [0.29, 0.717) is 17.1 Å². The number of aromatic hydroxyl groups is 1. The third kappa shape index (κ3) is 2.79. The average Bonchev–Trinajstić information content (AvgIpc) is 2.91. The van der Waals surface area contributed by atoms with Crippen LogP contribution in [0.5, 0.6) is 11.6 Å². The molecule has 0 saturated heterocycles. The summed E-state index contributed by atoms with van der Waals surface area (Å²) in [6.45, 7) is 1.61. The molecule has 1 aromatic heterocycles. The highest BCUT2D eigenvalue weighted by Crippen LogP contribution is 2.27. The summed E-state index contributed by atoms with van der Waals surface area (Å²) in [5.41, 5.74) is -0.697. The first-order valence-electron chi connectivity index (χ1n) is 7.61. The summed E-state index contributed by atoms with van der Waals surface area (Å²) in [5.74, 6) is -0.353. The molecule has 9 nitrogen and oxygen atoms in total. The number of benzene rings is 1. The molecule has 0 spiro atoms. The number of nitrogens with zero attached hydrogens (tertiary/aromatic N) is 3. The van der Waals surface area contributed by atoms with Crippen molar-refractivity contribution in [3.05, 3.63) is 56.2 Å². The van der Waals surface area contributed by atoms with Crippen LogP contribution in [0.2, 0.25) is 0 Å². The lowest BCUT2D eigenvalue weighted by atomic mass is 10.1. The monoisotopic (exact) mass is 356 g/mol. The van der Waals surface area contributed by atoms with Crippen molar-refractivity contribution in [2.75, 3.05) is 12.1 Å². The second-order valence-corrected chi connectivity index (χ2v) is 5.61. The normalized spacial score (nSPS) is 15.5. The fraction of sp³-hybridized carbons (Fsp3) is 0.176. The SMILES string of the molecule is COc1ccc(N2N=C(C)/C(=C\c3c(O)n(C)c(=O)[nH]c3=O)C2=O)cc1. The first-order valence-corrected chi connectivity index (χ1v) is 7.61. The van der Waals surface area contributed by atoms with Gasteiger partial charge in [0.15, 0.2) is 0 Å². The number of amides is 1. The quantitative estimate of drug-likeness (QED) is 0.781. The lowest BCUT2D eigenvalue weighted by Crippen LogP contribution is -2.30. The standard InChI is InChI=1S/C17H16N4O5/c1-9-12(8-13-14(22)18-17(25)20(2)15(13)23)16(24)21(19-9)10-4-6-11(26-3)7-5-10/h4-8,23H,1-3H3,(H,18,22,25)/b12-8+. The van der Waals surface area contributed by atoms with Crippen LogP contribution in [0.15, 0.2) is 44.5 Å². The number of hydrogen-bond acceptors (Lipinski definition) is 6. The maximum Gasteiger partial charge on any atom is 0.330 e. The zero-order valence-corrected chi connectivity index (χ0v) is 14.3. The second-order valence-electron chi connectivity index (χ2n) is 5.61. The van der Waals surface area contributed by atoms with E-state index in [4.69, 9.17) is 4.74 Å². The van der Waals surface area contributed by atoms with Gasteiger partial charge in [0.1, 0.15) is 11.3 Å². The van der Waals surface area contributed by atoms with Gasteiger partial charge in [0.2, 0.25) is 5.88 Å². The maximum atomic E-state index is 12.7. The molecule has 0 aliphatic carbocycles. The van der Waals surface area contributed by atoms with Gasteiger partial charge >= 0.3 is 5.69 Å². The van der Waals surface area contributed by atoms with Gasteiger partial charge < -0.3 is 9.84 Å². The van der Waals surface area contributed by atoms with E-state index in [1.807, 2.05) is 0 Å². The van der Waals surface area contributed by atoms with Crippen molar-refractivity contribution >= 4 is 23.4 Å². The van der Waals surface area contributed by atoms with Crippen LogP contribution in [-0.4, -0.2) is 33.4 Å². The number of hydrazone groups is 1. The molecule has 0 saturated carbocycles. The Kier molecular flexibility index (Phi) is 4.21. The van der Waals surface area contributed by atoms with Crippen LogP contribution < -0.4 is 21.0 Å². The Bertz CT molecular complexity index is 1060. The second kappa shape index (κ2) is 6.36. The third-order valence-electron chi connectivity index (χ3n) is 4.00. The van der Waals surface area contributed by atoms with Gasteiger partial charge in [-0.3, -0.25) is 19.1 Å². The summed E-state index contributed by atoms with van der Waals surface area (Å²) in [7, 11) is 2.84. The Morgan fingerprint density at radius 3 is 2.46 bits per heavy atom. The largest absolute Gasteiger partial charge is 0.497 e. The van der Waals surface area contributed by atoms with Crippen LogP contribution in [0.4, 0.5) is 5.69 Å². The van der Waals surface area contributed by atoms with E-state index in [2.05, 4.69) is 10.1 Å². The molecule has 0 radical (unpaired) electrons. The number of aromatic nitrogens is 2. The number of carbonyl (C=O) groups excluding carboxylic acids is 1. The number of nitrogens with one attached hydrogen (secondary N) is 1. The summed E-state index contributed by atoms with van der Waals surface area (Å²) >= 11 is 0. The highest BCUT2D eigenvalue weighted by Gasteiger charge is 2.29. The number of carbonyl (C=O) groups is 1. The molecular weight excluding hydrogens is 340 g/mol. The predicted molar refractivity (Wildman–Crippen MR) is 95.5 cm³/mol. The zero-order chi connectivity index (χ0) is 19.0. The molecule has 1 aromatic carbocycles. The van der Waals surface area contributed by atoms with Gasteiger partial charge in [-0.2, -0.15) is 10.1 Å². The van der Waals surface area contributed by atoms with Crippen molar-refractivity contribution in [3.63, 3.8) is 0 Å².